The number of carbonyl (C=O) groups is 1. The molecule has 1 aliphatic heterocycles. The van der Waals surface area contributed by atoms with Crippen LogP contribution in [0.4, 0.5) is 5.69 Å². The number of benzene rings is 2. The van der Waals surface area contributed by atoms with Gasteiger partial charge in [-0.3, -0.25) is 10.2 Å². The molecular weight excluding hydrogens is 322 g/mol. The molecule has 0 amide bonds. The summed E-state index contributed by atoms with van der Waals surface area (Å²) in [5, 5.41) is 3.67. The Morgan fingerprint density at radius 3 is 2.19 bits per heavy atom. The highest BCUT2D eigenvalue weighted by atomic mass is 16.1. The van der Waals surface area contributed by atoms with Crippen molar-refractivity contribution < 1.29 is 4.79 Å². The van der Waals surface area contributed by atoms with Crippen LogP contribution in [0.2, 0.25) is 0 Å². The van der Waals surface area contributed by atoms with Crippen molar-refractivity contribution in [3.63, 3.8) is 0 Å². The van der Waals surface area contributed by atoms with Crippen LogP contribution < -0.4 is 10.2 Å². The molecule has 1 heterocycles. The van der Waals surface area contributed by atoms with Crippen LogP contribution in [-0.4, -0.2) is 43.0 Å². The largest absolute Gasteiger partial charge is 0.369 e. The minimum Gasteiger partial charge on any atom is -0.369 e. The Morgan fingerprint density at radius 1 is 0.962 bits per heavy atom. The molecule has 4 heteroatoms. The van der Waals surface area contributed by atoms with E-state index in [9.17, 15) is 4.79 Å². The van der Waals surface area contributed by atoms with Gasteiger partial charge in [-0.05, 0) is 31.0 Å². The zero-order valence-corrected chi connectivity index (χ0v) is 15.6. The Balaban J connectivity index is 1.57. The number of Topliss-reactive ketones (excluding diaryl/α,β-unsaturated/α-hetero) is 1. The van der Waals surface area contributed by atoms with Gasteiger partial charge in [0.1, 0.15) is 5.78 Å². The minimum atomic E-state index is 0.247. The number of para-hydroxylation sites is 1. The van der Waals surface area contributed by atoms with Crippen molar-refractivity contribution in [3.05, 3.63) is 66.2 Å². The normalized spacial score (nSPS) is 16.4. The van der Waals surface area contributed by atoms with Crippen molar-refractivity contribution in [2.24, 2.45) is 0 Å². The molecule has 1 saturated heterocycles. The summed E-state index contributed by atoms with van der Waals surface area (Å²) in [6, 6.07) is 21.1. The van der Waals surface area contributed by atoms with Gasteiger partial charge < -0.3 is 9.69 Å². The molecule has 1 unspecified atom stereocenters. The second-order valence-electron chi connectivity index (χ2n) is 6.98. The number of hydrogen-bond donors (Lipinski definition) is 1. The maximum atomic E-state index is 11.5. The van der Waals surface area contributed by atoms with Crippen molar-refractivity contribution in [1.82, 2.24) is 10.2 Å². The average molecular weight is 351 g/mol. The summed E-state index contributed by atoms with van der Waals surface area (Å²) in [5.41, 5.74) is 2.58. The Bertz CT molecular complexity index is 666. The quantitative estimate of drug-likeness (QED) is 0.792. The molecule has 1 aliphatic rings. The Labute approximate surface area is 156 Å². The Hall–Kier alpha value is -2.17. The molecule has 4 nitrogen and oxygen atoms in total. The smallest absolute Gasteiger partial charge is 0.129 e. The maximum absolute atomic E-state index is 11.5. The number of nitrogens with zero attached hydrogens (tertiary/aromatic N) is 2. The third-order valence-corrected chi connectivity index (χ3v) is 5.03. The summed E-state index contributed by atoms with van der Waals surface area (Å²) < 4.78 is 0. The molecule has 26 heavy (non-hydrogen) atoms. The zero-order valence-electron chi connectivity index (χ0n) is 15.6. The van der Waals surface area contributed by atoms with Crippen molar-refractivity contribution >= 4 is 11.5 Å². The van der Waals surface area contributed by atoms with Gasteiger partial charge in [-0.2, -0.15) is 0 Å². The predicted molar refractivity (Wildman–Crippen MR) is 107 cm³/mol. The molecule has 2 aromatic carbocycles. The third kappa shape index (κ3) is 5.41. The van der Waals surface area contributed by atoms with Gasteiger partial charge in [-0.1, -0.05) is 48.5 Å². The van der Waals surface area contributed by atoms with E-state index in [2.05, 4.69) is 69.7 Å². The number of carbonyl (C=O) groups excluding carboxylic acids is 1. The van der Waals surface area contributed by atoms with Gasteiger partial charge in [0.15, 0.2) is 0 Å². The molecule has 1 atom stereocenters. The molecule has 0 aromatic heterocycles. The molecule has 0 saturated carbocycles. The number of nitrogens with one attached hydrogen (secondary N) is 1. The van der Waals surface area contributed by atoms with Crippen LogP contribution in [-0.2, 0) is 11.3 Å². The molecule has 3 rings (SSSR count). The van der Waals surface area contributed by atoms with Gasteiger partial charge in [0.25, 0.3) is 0 Å². The summed E-state index contributed by atoms with van der Waals surface area (Å²) in [6.45, 7) is 6.59. The van der Waals surface area contributed by atoms with Gasteiger partial charge in [0.05, 0.1) is 6.17 Å². The summed E-state index contributed by atoms with van der Waals surface area (Å²) in [6.07, 6.45) is 1.75. The van der Waals surface area contributed by atoms with E-state index >= 15 is 0 Å². The summed E-state index contributed by atoms with van der Waals surface area (Å²) in [5.74, 6) is 0.263. The fraction of sp³-hybridized carbons (Fsp3) is 0.409. The summed E-state index contributed by atoms with van der Waals surface area (Å²) in [4.78, 5) is 16.4. The molecule has 0 aliphatic carbocycles. The number of piperazine rings is 1. The van der Waals surface area contributed by atoms with E-state index in [-0.39, 0.29) is 11.9 Å². The lowest BCUT2D eigenvalue weighted by molar-refractivity contribution is -0.117. The van der Waals surface area contributed by atoms with E-state index in [1.165, 1.54) is 11.3 Å². The van der Waals surface area contributed by atoms with Crippen molar-refractivity contribution in [2.75, 3.05) is 31.1 Å². The highest BCUT2D eigenvalue weighted by Gasteiger charge is 2.23. The van der Waals surface area contributed by atoms with Crippen LogP contribution >= 0.6 is 0 Å². The van der Waals surface area contributed by atoms with Gasteiger partial charge in [-0.15, -0.1) is 0 Å². The number of hydrogen-bond acceptors (Lipinski definition) is 4. The molecule has 1 fully saturated rings. The molecule has 0 spiro atoms. The predicted octanol–water partition coefficient (Wildman–Crippen LogP) is 3.29. The van der Waals surface area contributed by atoms with Gasteiger partial charge >= 0.3 is 0 Å². The van der Waals surface area contributed by atoms with Crippen LogP contribution in [0, 0.1) is 0 Å². The lowest BCUT2D eigenvalue weighted by atomic mass is 10.1. The Morgan fingerprint density at radius 2 is 1.58 bits per heavy atom. The lowest BCUT2D eigenvalue weighted by Crippen LogP contribution is -2.54. The molecular formula is C22H29N3O. The SMILES string of the molecule is CC(=O)CCC(NCc1ccccc1)N1CCN(c2ccccc2)CC1. The number of rotatable bonds is 8. The van der Waals surface area contributed by atoms with E-state index in [0.29, 0.717) is 6.42 Å². The second kappa shape index (κ2) is 9.51. The van der Waals surface area contributed by atoms with Crippen LogP contribution in [0.3, 0.4) is 0 Å². The fourth-order valence-corrected chi connectivity index (χ4v) is 3.52. The van der Waals surface area contributed by atoms with Gasteiger partial charge in [0.2, 0.25) is 0 Å². The highest BCUT2D eigenvalue weighted by Crippen LogP contribution is 2.17. The average Bonchev–Trinajstić information content (AvgIpc) is 2.69. The molecule has 2 aromatic rings. The Kier molecular flexibility index (Phi) is 6.81. The van der Waals surface area contributed by atoms with E-state index in [4.69, 9.17) is 0 Å². The first-order chi connectivity index (χ1) is 12.7. The van der Waals surface area contributed by atoms with E-state index in [1.807, 2.05) is 6.07 Å². The molecule has 0 radical (unpaired) electrons. The van der Waals surface area contributed by atoms with E-state index in [0.717, 1.165) is 39.1 Å². The fourth-order valence-electron chi connectivity index (χ4n) is 3.52. The first-order valence-electron chi connectivity index (χ1n) is 9.53. The maximum Gasteiger partial charge on any atom is 0.129 e. The topological polar surface area (TPSA) is 35.6 Å². The molecule has 0 bridgehead atoms. The third-order valence-electron chi connectivity index (χ3n) is 5.03. The monoisotopic (exact) mass is 351 g/mol. The minimum absolute atomic E-state index is 0.247. The molecule has 138 valence electrons. The van der Waals surface area contributed by atoms with Crippen LogP contribution in [0.15, 0.2) is 60.7 Å². The summed E-state index contributed by atoms with van der Waals surface area (Å²) >= 11 is 0. The number of anilines is 1. The van der Waals surface area contributed by atoms with Gasteiger partial charge in [-0.25, -0.2) is 0 Å². The van der Waals surface area contributed by atoms with Crippen LogP contribution in [0.5, 0.6) is 0 Å². The zero-order chi connectivity index (χ0) is 18.2. The number of ketones is 1. The first kappa shape index (κ1) is 18.6. The second-order valence-corrected chi connectivity index (χ2v) is 6.98. The molecule has 1 N–H and O–H groups in total. The van der Waals surface area contributed by atoms with Crippen LogP contribution in [0.1, 0.15) is 25.3 Å². The van der Waals surface area contributed by atoms with Gasteiger partial charge in [0, 0.05) is 44.8 Å². The van der Waals surface area contributed by atoms with E-state index < -0.39 is 0 Å². The highest BCUT2D eigenvalue weighted by molar-refractivity contribution is 5.75. The van der Waals surface area contributed by atoms with Crippen molar-refractivity contribution in [3.8, 4) is 0 Å². The summed E-state index contributed by atoms with van der Waals surface area (Å²) in [7, 11) is 0. The van der Waals surface area contributed by atoms with Crippen LogP contribution in [0.25, 0.3) is 0 Å². The van der Waals surface area contributed by atoms with Crippen molar-refractivity contribution in [2.45, 2.75) is 32.5 Å². The standard InChI is InChI=1S/C22H29N3O/c1-19(26)12-13-22(23-18-20-8-4-2-5-9-20)25-16-14-24(15-17-25)21-10-6-3-7-11-21/h2-11,22-23H,12-18H2,1H3. The van der Waals surface area contributed by atoms with Crippen molar-refractivity contribution in [1.29, 1.82) is 0 Å². The van der Waals surface area contributed by atoms with E-state index in [1.54, 1.807) is 6.92 Å². The lowest BCUT2D eigenvalue weighted by Gasteiger charge is -2.40. The first-order valence-corrected chi connectivity index (χ1v) is 9.53.